The van der Waals surface area contributed by atoms with Crippen LogP contribution in [-0.4, -0.2) is 0 Å². The van der Waals surface area contributed by atoms with Crippen LogP contribution < -0.4 is 0 Å². The Bertz CT molecular complexity index is 325. The number of allylic oxidation sites excluding steroid dienone is 1. The van der Waals surface area contributed by atoms with Crippen LogP contribution in [-0.2, 0) is 6.42 Å². The number of halogens is 3. The Hall–Kier alpha value is -0.170. The van der Waals surface area contributed by atoms with E-state index in [9.17, 15) is 0 Å². The first-order chi connectivity index (χ1) is 6.11. The molecular formula is C10H9Cl3. The van der Waals surface area contributed by atoms with E-state index in [0.717, 1.165) is 5.56 Å². The summed E-state index contributed by atoms with van der Waals surface area (Å²) in [5.74, 6) is 0. The van der Waals surface area contributed by atoms with Crippen LogP contribution in [0.5, 0.6) is 0 Å². The van der Waals surface area contributed by atoms with E-state index in [4.69, 9.17) is 34.8 Å². The maximum absolute atomic E-state index is 5.84. The molecule has 0 bridgehead atoms. The van der Waals surface area contributed by atoms with Crippen LogP contribution in [0, 0.1) is 6.92 Å². The molecule has 0 fully saturated rings. The van der Waals surface area contributed by atoms with E-state index in [2.05, 4.69) is 0 Å². The fraction of sp³-hybridized carbons (Fsp3) is 0.200. The van der Waals surface area contributed by atoms with Gasteiger partial charge in [-0.15, -0.1) is 0 Å². The normalized spacial score (nSPS) is 9.85. The molecule has 0 unspecified atom stereocenters. The van der Waals surface area contributed by atoms with Crippen LogP contribution in [0.2, 0.25) is 0 Å². The third-order valence-corrected chi connectivity index (χ3v) is 2.78. The molecule has 0 aliphatic carbocycles. The van der Waals surface area contributed by atoms with Crippen LogP contribution in [0.25, 0.3) is 0 Å². The van der Waals surface area contributed by atoms with E-state index in [-0.39, 0.29) is 4.49 Å². The first-order valence-corrected chi connectivity index (χ1v) is 4.99. The van der Waals surface area contributed by atoms with Crippen LogP contribution in [0.15, 0.2) is 33.8 Å². The van der Waals surface area contributed by atoms with Gasteiger partial charge in [0.25, 0.3) is 0 Å². The second-order valence-electron chi connectivity index (χ2n) is 2.77. The van der Waals surface area contributed by atoms with Gasteiger partial charge in [-0.1, -0.05) is 59.1 Å². The molecule has 13 heavy (non-hydrogen) atoms. The number of hydrogen-bond acceptors (Lipinski definition) is 0. The fourth-order valence-corrected chi connectivity index (χ4v) is 1.32. The van der Waals surface area contributed by atoms with Gasteiger partial charge < -0.3 is 0 Å². The SMILES string of the molecule is Cc1ccccc1CC(Cl)=C(Cl)Cl. The topological polar surface area (TPSA) is 0 Å². The standard InChI is InChI=1S/C10H9Cl3/c1-7-4-2-3-5-8(7)6-9(11)10(12)13/h2-5H,6H2,1H3. The Balaban J connectivity index is 2.87. The van der Waals surface area contributed by atoms with Gasteiger partial charge in [0.15, 0.2) is 0 Å². The Morgan fingerprint density at radius 2 is 1.77 bits per heavy atom. The summed E-state index contributed by atoms with van der Waals surface area (Å²) < 4.78 is 0.143. The van der Waals surface area contributed by atoms with E-state index >= 15 is 0 Å². The zero-order valence-electron chi connectivity index (χ0n) is 7.15. The fourth-order valence-electron chi connectivity index (χ4n) is 1.04. The highest BCUT2D eigenvalue weighted by Crippen LogP contribution is 2.23. The van der Waals surface area contributed by atoms with Crippen LogP contribution in [0.4, 0.5) is 0 Å². The van der Waals surface area contributed by atoms with Crippen molar-refractivity contribution >= 4 is 34.8 Å². The van der Waals surface area contributed by atoms with Crippen LogP contribution in [0.1, 0.15) is 11.1 Å². The first-order valence-electron chi connectivity index (χ1n) is 3.85. The Labute approximate surface area is 93.1 Å². The third-order valence-electron chi connectivity index (χ3n) is 1.81. The third kappa shape index (κ3) is 3.22. The van der Waals surface area contributed by atoms with Gasteiger partial charge in [0.05, 0.1) is 5.03 Å². The van der Waals surface area contributed by atoms with E-state index in [0.29, 0.717) is 11.5 Å². The van der Waals surface area contributed by atoms with Gasteiger partial charge in [0.1, 0.15) is 4.49 Å². The zero-order valence-corrected chi connectivity index (χ0v) is 9.42. The summed E-state index contributed by atoms with van der Waals surface area (Å²) in [6.07, 6.45) is 0.594. The molecule has 0 aromatic heterocycles. The molecule has 3 heteroatoms. The first kappa shape index (κ1) is 10.9. The quantitative estimate of drug-likeness (QED) is 0.712. The molecule has 0 nitrogen and oxygen atoms in total. The van der Waals surface area contributed by atoms with Crippen molar-refractivity contribution in [3.63, 3.8) is 0 Å². The molecule has 1 rings (SSSR count). The molecule has 0 aliphatic heterocycles. The summed E-state index contributed by atoms with van der Waals surface area (Å²) in [4.78, 5) is 0. The largest absolute Gasteiger partial charge is 0.121 e. The summed E-state index contributed by atoms with van der Waals surface area (Å²) in [6, 6.07) is 7.99. The zero-order chi connectivity index (χ0) is 9.84. The smallest absolute Gasteiger partial charge is 0.0862 e. The van der Waals surface area contributed by atoms with E-state index < -0.39 is 0 Å². The van der Waals surface area contributed by atoms with Gasteiger partial charge in [-0.2, -0.15) is 0 Å². The summed E-state index contributed by atoms with van der Waals surface area (Å²) in [5, 5.41) is 0.484. The summed E-state index contributed by atoms with van der Waals surface area (Å²) >= 11 is 16.9. The molecule has 1 aromatic rings. The molecule has 70 valence electrons. The van der Waals surface area contributed by atoms with Gasteiger partial charge in [-0.05, 0) is 18.1 Å². The predicted octanol–water partition coefficient (Wildman–Crippen LogP) is 4.42. The minimum Gasteiger partial charge on any atom is -0.0862 e. The second-order valence-corrected chi connectivity index (χ2v) is 4.17. The molecule has 0 N–H and O–H groups in total. The number of benzene rings is 1. The monoisotopic (exact) mass is 234 g/mol. The lowest BCUT2D eigenvalue weighted by atomic mass is 10.1. The summed E-state index contributed by atoms with van der Waals surface area (Å²) in [7, 11) is 0. The van der Waals surface area contributed by atoms with Crippen molar-refractivity contribution in [2.45, 2.75) is 13.3 Å². The average Bonchev–Trinajstić information content (AvgIpc) is 2.08. The van der Waals surface area contributed by atoms with Crippen molar-refractivity contribution in [3.8, 4) is 0 Å². The predicted molar refractivity (Wildman–Crippen MR) is 59.5 cm³/mol. The lowest BCUT2D eigenvalue weighted by Crippen LogP contribution is -1.89. The maximum atomic E-state index is 5.84. The summed E-state index contributed by atoms with van der Waals surface area (Å²) in [5.41, 5.74) is 2.33. The Morgan fingerprint density at radius 1 is 1.15 bits per heavy atom. The van der Waals surface area contributed by atoms with Gasteiger partial charge in [0.2, 0.25) is 0 Å². The lowest BCUT2D eigenvalue weighted by molar-refractivity contribution is 1.19. The molecule has 0 amide bonds. The van der Waals surface area contributed by atoms with Crippen molar-refractivity contribution in [1.29, 1.82) is 0 Å². The van der Waals surface area contributed by atoms with Gasteiger partial charge in [-0.3, -0.25) is 0 Å². The van der Waals surface area contributed by atoms with Crippen LogP contribution >= 0.6 is 34.8 Å². The summed E-state index contributed by atoms with van der Waals surface area (Å²) in [6.45, 7) is 2.03. The van der Waals surface area contributed by atoms with Crippen molar-refractivity contribution < 1.29 is 0 Å². The van der Waals surface area contributed by atoms with E-state index in [1.807, 2.05) is 31.2 Å². The van der Waals surface area contributed by atoms with E-state index in [1.54, 1.807) is 0 Å². The Kier molecular flexibility index (Phi) is 4.11. The molecule has 0 spiro atoms. The highest BCUT2D eigenvalue weighted by atomic mass is 35.5. The van der Waals surface area contributed by atoms with Gasteiger partial charge in [-0.25, -0.2) is 0 Å². The molecule has 0 aliphatic rings. The van der Waals surface area contributed by atoms with Crippen molar-refractivity contribution in [1.82, 2.24) is 0 Å². The molecule has 0 atom stereocenters. The number of hydrogen-bond donors (Lipinski definition) is 0. The van der Waals surface area contributed by atoms with Crippen molar-refractivity contribution in [3.05, 3.63) is 44.9 Å². The lowest BCUT2D eigenvalue weighted by Gasteiger charge is -2.03. The Morgan fingerprint density at radius 3 is 2.31 bits per heavy atom. The molecule has 0 heterocycles. The molecule has 0 radical (unpaired) electrons. The van der Waals surface area contributed by atoms with Crippen LogP contribution in [0.3, 0.4) is 0 Å². The number of aryl methyl sites for hydroxylation is 1. The van der Waals surface area contributed by atoms with E-state index in [1.165, 1.54) is 5.56 Å². The maximum Gasteiger partial charge on any atom is 0.121 e. The minimum atomic E-state index is 0.143. The molecule has 0 saturated carbocycles. The average molecular weight is 236 g/mol. The minimum absolute atomic E-state index is 0.143. The van der Waals surface area contributed by atoms with Gasteiger partial charge >= 0.3 is 0 Å². The highest BCUT2D eigenvalue weighted by Gasteiger charge is 2.02. The second kappa shape index (κ2) is 4.90. The molecule has 0 saturated heterocycles. The molecular weight excluding hydrogens is 226 g/mol. The van der Waals surface area contributed by atoms with Crippen molar-refractivity contribution in [2.75, 3.05) is 0 Å². The van der Waals surface area contributed by atoms with Crippen molar-refractivity contribution in [2.24, 2.45) is 0 Å². The highest BCUT2D eigenvalue weighted by molar-refractivity contribution is 6.59. The van der Waals surface area contributed by atoms with Gasteiger partial charge in [0, 0.05) is 6.42 Å². The molecule has 1 aromatic carbocycles. The number of rotatable bonds is 2.